The Kier molecular flexibility index (Phi) is 2.61. The Bertz CT molecular complexity index is 368. The summed E-state index contributed by atoms with van der Waals surface area (Å²) in [4.78, 5) is 2.47. The molecular formula is C12H16BNO2. The fourth-order valence-corrected chi connectivity index (χ4v) is 2.70. The van der Waals surface area contributed by atoms with Gasteiger partial charge in [0.1, 0.15) is 5.75 Å². The Morgan fingerprint density at radius 3 is 2.94 bits per heavy atom. The predicted molar refractivity (Wildman–Crippen MR) is 64.1 cm³/mol. The van der Waals surface area contributed by atoms with E-state index in [0.29, 0.717) is 6.04 Å². The normalized spacial score (nSPS) is 24.8. The van der Waals surface area contributed by atoms with Crippen LogP contribution in [0.1, 0.15) is 12.8 Å². The quantitative estimate of drug-likeness (QED) is 0.686. The maximum atomic E-state index is 5.86. The van der Waals surface area contributed by atoms with Gasteiger partial charge in [-0.3, -0.25) is 0 Å². The molecule has 84 valence electrons. The van der Waals surface area contributed by atoms with Crippen molar-refractivity contribution >= 4 is 12.5 Å². The van der Waals surface area contributed by atoms with Gasteiger partial charge in [-0.15, -0.1) is 0 Å². The highest BCUT2D eigenvalue weighted by molar-refractivity contribution is 6.65. The molecule has 3 nitrogen and oxygen atoms in total. The number of benzene rings is 1. The van der Waals surface area contributed by atoms with Gasteiger partial charge in [-0.2, -0.15) is 0 Å². The van der Waals surface area contributed by atoms with Gasteiger partial charge in [0.15, 0.2) is 0 Å². The third kappa shape index (κ3) is 1.62. The first kappa shape index (κ1) is 10.2. The summed E-state index contributed by atoms with van der Waals surface area (Å²) in [5.74, 6) is 0.903. The van der Waals surface area contributed by atoms with Crippen molar-refractivity contribution in [3.8, 4) is 5.75 Å². The van der Waals surface area contributed by atoms with Crippen LogP contribution in [0.2, 0.25) is 0 Å². The molecule has 3 rings (SSSR count). The molecule has 2 fully saturated rings. The van der Waals surface area contributed by atoms with Crippen molar-refractivity contribution in [2.45, 2.75) is 18.9 Å². The second-order valence-corrected chi connectivity index (χ2v) is 4.49. The van der Waals surface area contributed by atoms with Gasteiger partial charge in [0.2, 0.25) is 0 Å². The SMILES string of the molecule is COc1ccc(B2OC[C@@H]3CCCN23)cc1. The molecule has 0 aliphatic carbocycles. The molecule has 1 atom stereocenters. The molecule has 2 heterocycles. The van der Waals surface area contributed by atoms with Gasteiger partial charge in [-0.1, -0.05) is 12.1 Å². The summed E-state index contributed by atoms with van der Waals surface area (Å²) in [6.07, 6.45) is 2.59. The van der Waals surface area contributed by atoms with Gasteiger partial charge in [0, 0.05) is 12.6 Å². The van der Waals surface area contributed by atoms with Gasteiger partial charge in [0.05, 0.1) is 7.11 Å². The molecule has 0 aromatic heterocycles. The Balaban J connectivity index is 1.81. The number of hydrogen-bond donors (Lipinski definition) is 0. The van der Waals surface area contributed by atoms with E-state index in [9.17, 15) is 0 Å². The smallest absolute Gasteiger partial charge is 0.418 e. The van der Waals surface area contributed by atoms with Crippen molar-refractivity contribution in [3.63, 3.8) is 0 Å². The summed E-state index contributed by atoms with van der Waals surface area (Å²) >= 11 is 0. The highest BCUT2D eigenvalue weighted by Gasteiger charge is 2.42. The molecule has 2 saturated heterocycles. The highest BCUT2D eigenvalue weighted by atomic mass is 16.5. The Hall–Kier alpha value is -0.995. The molecule has 1 aromatic rings. The zero-order chi connectivity index (χ0) is 11.0. The molecule has 0 radical (unpaired) electrons. The van der Waals surface area contributed by atoms with Crippen LogP contribution in [0.3, 0.4) is 0 Å². The number of methoxy groups -OCH3 is 1. The fraction of sp³-hybridized carbons (Fsp3) is 0.500. The first-order valence-corrected chi connectivity index (χ1v) is 5.90. The van der Waals surface area contributed by atoms with Gasteiger partial charge >= 0.3 is 7.05 Å². The molecule has 1 aromatic carbocycles. The number of rotatable bonds is 2. The molecule has 16 heavy (non-hydrogen) atoms. The van der Waals surface area contributed by atoms with Crippen molar-refractivity contribution < 1.29 is 9.39 Å². The number of ether oxygens (including phenoxy) is 1. The number of fused-ring (bicyclic) bond motifs is 1. The zero-order valence-corrected chi connectivity index (χ0v) is 9.56. The lowest BCUT2D eigenvalue weighted by molar-refractivity contribution is 0.334. The van der Waals surface area contributed by atoms with Gasteiger partial charge in [0.25, 0.3) is 0 Å². The molecule has 0 N–H and O–H groups in total. The van der Waals surface area contributed by atoms with Crippen LogP contribution < -0.4 is 10.2 Å². The van der Waals surface area contributed by atoms with Crippen LogP contribution in [0.4, 0.5) is 0 Å². The Morgan fingerprint density at radius 1 is 1.38 bits per heavy atom. The van der Waals surface area contributed by atoms with Crippen molar-refractivity contribution in [1.82, 2.24) is 4.81 Å². The van der Waals surface area contributed by atoms with Crippen LogP contribution in [0.15, 0.2) is 24.3 Å². The monoisotopic (exact) mass is 217 g/mol. The summed E-state index contributed by atoms with van der Waals surface area (Å²) in [6, 6.07) is 8.85. The third-order valence-electron chi connectivity index (χ3n) is 3.57. The van der Waals surface area contributed by atoms with Crippen LogP contribution in [-0.4, -0.2) is 38.2 Å². The van der Waals surface area contributed by atoms with Crippen LogP contribution in [-0.2, 0) is 4.65 Å². The topological polar surface area (TPSA) is 21.7 Å². The average molecular weight is 217 g/mol. The maximum absolute atomic E-state index is 5.86. The number of nitrogens with zero attached hydrogens (tertiary/aromatic N) is 1. The van der Waals surface area contributed by atoms with Crippen molar-refractivity contribution in [3.05, 3.63) is 24.3 Å². The molecule has 2 aliphatic heterocycles. The standard InChI is InChI=1S/C12H16BNO2/c1-15-12-6-4-10(5-7-12)13-14-8-2-3-11(14)9-16-13/h4-7,11H,2-3,8-9H2,1H3/t11-/m0/s1. The third-order valence-corrected chi connectivity index (χ3v) is 3.57. The first-order chi connectivity index (χ1) is 7.88. The predicted octanol–water partition coefficient (Wildman–Crippen LogP) is 0.885. The molecule has 0 bridgehead atoms. The van der Waals surface area contributed by atoms with Crippen LogP contribution >= 0.6 is 0 Å². The summed E-state index contributed by atoms with van der Waals surface area (Å²) < 4.78 is 11.0. The van der Waals surface area contributed by atoms with Crippen LogP contribution in [0, 0.1) is 0 Å². The molecule has 4 heteroatoms. The van der Waals surface area contributed by atoms with Gasteiger partial charge < -0.3 is 14.2 Å². The second kappa shape index (κ2) is 4.11. The van der Waals surface area contributed by atoms with Crippen LogP contribution in [0.5, 0.6) is 5.75 Å². The van der Waals surface area contributed by atoms with E-state index < -0.39 is 0 Å². The lowest BCUT2D eigenvalue weighted by Gasteiger charge is -2.18. The molecular weight excluding hydrogens is 201 g/mol. The zero-order valence-electron chi connectivity index (χ0n) is 9.56. The van der Waals surface area contributed by atoms with E-state index in [1.807, 2.05) is 12.1 Å². The van der Waals surface area contributed by atoms with E-state index in [0.717, 1.165) is 12.4 Å². The largest absolute Gasteiger partial charge is 0.497 e. The molecule has 0 saturated carbocycles. The molecule has 0 unspecified atom stereocenters. The summed E-state index contributed by atoms with van der Waals surface area (Å²) in [5.41, 5.74) is 1.24. The van der Waals surface area contributed by atoms with Crippen LogP contribution in [0.25, 0.3) is 0 Å². The Morgan fingerprint density at radius 2 is 2.19 bits per heavy atom. The van der Waals surface area contributed by atoms with E-state index in [4.69, 9.17) is 9.39 Å². The van der Waals surface area contributed by atoms with E-state index in [1.165, 1.54) is 24.8 Å². The van der Waals surface area contributed by atoms with Crippen molar-refractivity contribution in [2.24, 2.45) is 0 Å². The molecule has 0 amide bonds. The lowest BCUT2D eigenvalue weighted by Crippen LogP contribution is -2.45. The van der Waals surface area contributed by atoms with Crippen molar-refractivity contribution in [2.75, 3.05) is 20.3 Å². The van der Waals surface area contributed by atoms with E-state index >= 15 is 0 Å². The van der Waals surface area contributed by atoms with Crippen molar-refractivity contribution in [1.29, 1.82) is 0 Å². The minimum atomic E-state index is 0.165. The van der Waals surface area contributed by atoms with Gasteiger partial charge in [-0.05, 0) is 37.0 Å². The highest BCUT2D eigenvalue weighted by Crippen LogP contribution is 2.25. The minimum absolute atomic E-state index is 0.165. The maximum Gasteiger partial charge on any atom is 0.418 e. The van der Waals surface area contributed by atoms with E-state index in [1.54, 1.807) is 7.11 Å². The fourth-order valence-electron chi connectivity index (χ4n) is 2.70. The minimum Gasteiger partial charge on any atom is -0.497 e. The second-order valence-electron chi connectivity index (χ2n) is 4.49. The average Bonchev–Trinajstić information content (AvgIpc) is 2.91. The summed E-state index contributed by atoms with van der Waals surface area (Å²) in [6.45, 7) is 2.05. The van der Waals surface area contributed by atoms with Gasteiger partial charge in [-0.25, -0.2) is 0 Å². The van der Waals surface area contributed by atoms with E-state index in [-0.39, 0.29) is 7.05 Å². The Labute approximate surface area is 96.5 Å². The summed E-state index contributed by atoms with van der Waals surface area (Å²) in [7, 11) is 1.86. The molecule has 0 spiro atoms. The summed E-state index contributed by atoms with van der Waals surface area (Å²) in [5, 5.41) is 0. The first-order valence-electron chi connectivity index (χ1n) is 5.90. The number of hydrogen-bond acceptors (Lipinski definition) is 3. The lowest BCUT2D eigenvalue weighted by atomic mass is 9.72. The van der Waals surface area contributed by atoms with E-state index in [2.05, 4.69) is 16.9 Å². The molecule has 2 aliphatic rings.